The molecule has 0 aliphatic rings. The summed E-state index contributed by atoms with van der Waals surface area (Å²) in [5, 5.41) is 7.32. The van der Waals surface area contributed by atoms with Crippen molar-refractivity contribution in [1.82, 2.24) is 19.7 Å². The van der Waals surface area contributed by atoms with Gasteiger partial charge in [0.25, 0.3) is 0 Å². The lowest BCUT2D eigenvalue weighted by Gasteiger charge is -2.06. The molecule has 0 aliphatic heterocycles. The number of hydrogen-bond donors (Lipinski definition) is 2. The Hall–Kier alpha value is -2.29. The van der Waals surface area contributed by atoms with Gasteiger partial charge in [-0.25, -0.2) is 19.7 Å². The quantitative estimate of drug-likeness (QED) is 0.788. The maximum Gasteiger partial charge on any atom is 0.343 e. The average Bonchev–Trinajstić information content (AvgIpc) is 2.82. The molecule has 0 aromatic carbocycles. The van der Waals surface area contributed by atoms with Gasteiger partial charge in [0.1, 0.15) is 5.03 Å². The molecular weight excluding hydrogens is 294 g/mol. The van der Waals surface area contributed by atoms with E-state index in [2.05, 4.69) is 19.9 Å². The number of hydrogen-bond acceptors (Lipinski definition) is 7. The van der Waals surface area contributed by atoms with Crippen LogP contribution in [0.1, 0.15) is 23.7 Å². The van der Waals surface area contributed by atoms with Crippen LogP contribution in [0.5, 0.6) is 0 Å². The summed E-state index contributed by atoms with van der Waals surface area (Å²) in [6.07, 6.45) is 2.18. The first-order chi connectivity index (χ1) is 10.1. The highest BCUT2D eigenvalue weighted by atomic mass is 32.2. The fraction of sp³-hybridized carbons (Fsp3) is 0.333. The molecule has 0 saturated heterocycles. The van der Waals surface area contributed by atoms with Gasteiger partial charge in [-0.3, -0.25) is 4.57 Å². The van der Waals surface area contributed by atoms with Crippen LogP contribution < -0.4 is 11.4 Å². The fourth-order valence-corrected chi connectivity index (χ4v) is 2.53. The van der Waals surface area contributed by atoms with Crippen LogP contribution in [0.4, 0.5) is 5.69 Å². The van der Waals surface area contributed by atoms with E-state index in [1.807, 2.05) is 6.92 Å². The number of rotatable bonds is 5. The van der Waals surface area contributed by atoms with E-state index < -0.39 is 5.97 Å². The lowest BCUT2D eigenvalue weighted by Crippen LogP contribution is -2.17. The number of nitrogens with two attached hydrogens (primary N) is 1. The minimum atomic E-state index is -0.537. The van der Waals surface area contributed by atoms with Gasteiger partial charge in [-0.15, -0.1) is 5.10 Å². The largest absolute Gasteiger partial charge is 0.465 e. The zero-order valence-electron chi connectivity index (χ0n) is 11.6. The molecule has 3 N–H and O–H groups in total. The summed E-state index contributed by atoms with van der Waals surface area (Å²) in [6.45, 7) is 2.52. The second-order valence-electron chi connectivity index (χ2n) is 4.17. The molecule has 0 fully saturated rings. The van der Waals surface area contributed by atoms with Crippen molar-refractivity contribution in [2.24, 2.45) is 0 Å². The molecule has 0 radical (unpaired) electrons. The normalized spacial score (nSPS) is 10.6. The van der Waals surface area contributed by atoms with E-state index in [0.717, 1.165) is 6.42 Å². The minimum absolute atomic E-state index is 0.231. The number of nitrogens with one attached hydrogen (secondary N) is 1. The molecule has 2 aromatic rings. The van der Waals surface area contributed by atoms with Crippen molar-refractivity contribution < 1.29 is 9.53 Å². The van der Waals surface area contributed by atoms with E-state index >= 15 is 0 Å². The van der Waals surface area contributed by atoms with Crippen LogP contribution in [0, 0.1) is 0 Å². The Morgan fingerprint density at radius 1 is 1.57 bits per heavy atom. The Morgan fingerprint density at radius 2 is 2.33 bits per heavy atom. The van der Waals surface area contributed by atoms with Gasteiger partial charge in [0, 0.05) is 6.54 Å². The van der Waals surface area contributed by atoms with Crippen LogP contribution in [0.15, 0.2) is 27.2 Å². The predicted octanol–water partition coefficient (Wildman–Crippen LogP) is 0.896. The first-order valence-corrected chi connectivity index (χ1v) is 7.05. The molecule has 0 unspecified atom stereocenters. The van der Waals surface area contributed by atoms with E-state index in [0.29, 0.717) is 16.7 Å². The number of carbonyl (C=O) groups excluding carboxylic acids is 1. The van der Waals surface area contributed by atoms with Crippen molar-refractivity contribution >= 4 is 23.4 Å². The van der Waals surface area contributed by atoms with Gasteiger partial charge in [0.15, 0.2) is 5.16 Å². The Bertz CT molecular complexity index is 709. The van der Waals surface area contributed by atoms with Crippen molar-refractivity contribution in [3.8, 4) is 0 Å². The van der Waals surface area contributed by atoms with Gasteiger partial charge in [-0.1, -0.05) is 6.92 Å². The van der Waals surface area contributed by atoms with Crippen molar-refractivity contribution in [2.45, 2.75) is 30.1 Å². The smallest absolute Gasteiger partial charge is 0.343 e. The number of esters is 1. The number of aromatic amines is 1. The molecule has 112 valence electrons. The minimum Gasteiger partial charge on any atom is -0.465 e. The highest BCUT2D eigenvalue weighted by Gasteiger charge is 2.15. The molecule has 0 atom stereocenters. The van der Waals surface area contributed by atoms with Gasteiger partial charge in [-0.2, -0.15) is 0 Å². The molecule has 8 nitrogen and oxygen atoms in total. The Morgan fingerprint density at radius 3 is 3.00 bits per heavy atom. The second-order valence-corrected chi connectivity index (χ2v) is 5.15. The molecular formula is C12H15N5O3S. The van der Waals surface area contributed by atoms with Gasteiger partial charge < -0.3 is 10.5 Å². The third kappa shape index (κ3) is 3.24. The number of nitrogen functional groups attached to an aromatic ring is 1. The lowest BCUT2D eigenvalue weighted by molar-refractivity contribution is 0.0601. The molecule has 21 heavy (non-hydrogen) atoms. The molecule has 0 amide bonds. The van der Waals surface area contributed by atoms with E-state index in [9.17, 15) is 9.59 Å². The number of H-pyrrole nitrogens is 1. The van der Waals surface area contributed by atoms with Crippen LogP contribution in [-0.4, -0.2) is 32.8 Å². The summed E-state index contributed by atoms with van der Waals surface area (Å²) >= 11 is 1.17. The maximum atomic E-state index is 11.6. The molecule has 0 aliphatic carbocycles. The number of carbonyl (C=O) groups is 1. The maximum absolute atomic E-state index is 11.6. The Labute approximate surface area is 124 Å². The zero-order valence-corrected chi connectivity index (χ0v) is 12.4. The number of anilines is 1. The summed E-state index contributed by atoms with van der Waals surface area (Å²) in [5.74, 6) is -0.537. The molecule has 2 aromatic heterocycles. The summed E-state index contributed by atoms with van der Waals surface area (Å²) in [5.41, 5.74) is 5.88. The number of methoxy groups -OCH3 is 1. The first kappa shape index (κ1) is 15.1. The topological polar surface area (TPSA) is 116 Å². The van der Waals surface area contributed by atoms with E-state index in [4.69, 9.17) is 5.73 Å². The van der Waals surface area contributed by atoms with Crippen molar-refractivity contribution in [1.29, 1.82) is 0 Å². The van der Waals surface area contributed by atoms with Crippen molar-refractivity contribution in [2.75, 3.05) is 12.8 Å². The number of aromatic nitrogens is 4. The first-order valence-electron chi connectivity index (χ1n) is 6.23. The van der Waals surface area contributed by atoms with Gasteiger partial charge in [0.05, 0.1) is 24.6 Å². The zero-order chi connectivity index (χ0) is 15.4. The van der Waals surface area contributed by atoms with Crippen LogP contribution in [0.2, 0.25) is 0 Å². The van der Waals surface area contributed by atoms with E-state index in [1.54, 1.807) is 0 Å². The standard InChI is InChI=1S/C12H15N5O3S/c1-3-4-17-11(19)15-16-12(17)21-9-5-7(10(18)20-2)8(13)6-14-9/h5-6H,3-4,13H2,1-2H3,(H,15,19). The van der Waals surface area contributed by atoms with Crippen LogP contribution in [0.25, 0.3) is 0 Å². The number of ether oxygens (including phenoxy) is 1. The third-order valence-corrected chi connectivity index (χ3v) is 3.61. The molecule has 0 saturated carbocycles. The SMILES string of the molecule is CCCn1c(Sc2cc(C(=O)OC)c(N)cn2)n[nH]c1=O. The van der Waals surface area contributed by atoms with Crippen LogP contribution >= 0.6 is 11.8 Å². The highest BCUT2D eigenvalue weighted by molar-refractivity contribution is 7.99. The summed E-state index contributed by atoms with van der Waals surface area (Å²) in [7, 11) is 1.28. The van der Waals surface area contributed by atoms with Crippen LogP contribution in [0.3, 0.4) is 0 Å². The monoisotopic (exact) mass is 309 g/mol. The second kappa shape index (κ2) is 6.44. The van der Waals surface area contributed by atoms with Gasteiger partial charge in [0.2, 0.25) is 0 Å². The Balaban J connectivity index is 2.32. The van der Waals surface area contributed by atoms with E-state index in [1.165, 1.54) is 35.7 Å². The molecule has 9 heteroatoms. The molecule has 0 bridgehead atoms. The average molecular weight is 309 g/mol. The van der Waals surface area contributed by atoms with E-state index in [-0.39, 0.29) is 16.9 Å². The molecule has 0 spiro atoms. The van der Waals surface area contributed by atoms with Crippen molar-refractivity contribution in [3.63, 3.8) is 0 Å². The Kier molecular flexibility index (Phi) is 4.63. The third-order valence-electron chi connectivity index (χ3n) is 2.68. The lowest BCUT2D eigenvalue weighted by atomic mass is 10.2. The van der Waals surface area contributed by atoms with Gasteiger partial charge in [-0.05, 0) is 24.2 Å². The fourth-order valence-electron chi connectivity index (χ4n) is 1.68. The predicted molar refractivity (Wildman–Crippen MR) is 77.3 cm³/mol. The summed E-state index contributed by atoms with van der Waals surface area (Å²) < 4.78 is 6.17. The van der Waals surface area contributed by atoms with Gasteiger partial charge >= 0.3 is 11.7 Å². The molecule has 2 heterocycles. The van der Waals surface area contributed by atoms with Crippen molar-refractivity contribution in [3.05, 3.63) is 28.3 Å². The summed E-state index contributed by atoms with van der Waals surface area (Å²) in [6, 6.07) is 1.52. The number of nitrogens with zero attached hydrogens (tertiary/aromatic N) is 3. The summed E-state index contributed by atoms with van der Waals surface area (Å²) in [4.78, 5) is 27.3. The number of pyridine rings is 1. The molecule has 2 rings (SSSR count). The van der Waals surface area contributed by atoms with Crippen LogP contribution in [-0.2, 0) is 11.3 Å². The highest BCUT2D eigenvalue weighted by Crippen LogP contribution is 2.26.